The fourth-order valence-corrected chi connectivity index (χ4v) is 2.42. The first-order chi connectivity index (χ1) is 13.0. The van der Waals surface area contributed by atoms with E-state index in [0.29, 0.717) is 16.8 Å². The van der Waals surface area contributed by atoms with E-state index >= 15 is 0 Å². The van der Waals surface area contributed by atoms with Crippen molar-refractivity contribution in [3.63, 3.8) is 0 Å². The highest BCUT2D eigenvalue weighted by Crippen LogP contribution is 2.29. The van der Waals surface area contributed by atoms with Gasteiger partial charge in [-0.05, 0) is 44.2 Å². The topological polar surface area (TPSA) is 77.4 Å². The Kier molecular flexibility index (Phi) is 6.50. The summed E-state index contributed by atoms with van der Waals surface area (Å²) >= 11 is 5.54. The first-order valence-corrected chi connectivity index (χ1v) is 8.43. The smallest absolute Gasteiger partial charge is 0.417 e. The second kappa shape index (κ2) is 8.47. The van der Waals surface area contributed by atoms with Crippen LogP contribution in [0.5, 0.6) is 0 Å². The Balaban J connectivity index is 2.11. The molecule has 0 aliphatic heterocycles. The average Bonchev–Trinajstić information content (AvgIpc) is 2.57. The molecule has 2 aromatic rings. The molecule has 0 saturated carbocycles. The standard InChI is InChI=1S/C18H16ClF3N2O4/c1-10(2)28-17(27)11-3-5-13(6-4-11)23-15(25)9-24-8-12(18(20,21)22)7-14(19)16(24)26/h3-8,10H,9H2,1-2H3,(H,23,25). The molecule has 1 aromatic carbocycles. The number of hydrogen-bond donors (Lipinski definition) is 1. The van der Waals surface area contributed by atoms with Gasteiger partial charge in [0.15, 0.2) is 0 Å². The molecule has 0 saturated heterocycles. The van der Waals surface area contributed by atoms with Gasteiger partial charge in [0.1, 0.15) is 11.6 Å². The number of carbonyl (C=O) groups is 2. The lowest BCUT2D eigenvalue weighted by Gasteiger charge is -2.12. The van der Waals surface area contributed by atoms with E-state index < -0.39 is 40.7 Å². The largest absolute Gasteiger partial charge is 0.459 e. The van der Waals surface area contributed by atoms with Crippen molar-refractivity contribution in [2.45, 2.75) is 32.7 Å². The summed E-state index contributed by atoms with van der Waals surface area (Å²) in [5.74, 6) is -1.27. The van der Waals surface area contributed by atoms with Crippen LogP contribution in [0, 0.1) is 0 Å². The molecule has 0 fully saturated rings. The van der Waals surface area contributed by atoms with Crippen LogP contribution in [0.25, 0.3) is 0 Å². The number of carbonyl (C=O) groups excluding carboxylic acids is 2. The molecule has 28 heavy (non-hydrogen) atoms. The number of rotatable bonds is 5. The van der Waals surface area contributed by atoms with Crippen molar-refractivity contribution >= 4 is 29.2 Å². The molecular weight excluding hydrogens is 401 g/mol. The zero-order valence-corrected chi connectivity index (χ0v) is 15.6. The van der Waals surface area contributed by atoms with Gasteiger partial charge in [0.2, 0.25) is 5.91 Å². The van der Waals surface area contributed by atoms with E-state index in [0.717, 1.165) is 0 Å². The number of amides is 1. The van der Waals surface area contributed by atoms with Crippen LogP contribution in [-0.2, 0) is 22.3 Å². The van der Waals surface area contributed by atoms with E-state index in [2.05, 4.69) is 5.32 Å². The molecule has 0 radical (unpaired) electrons. The molecule has 150 valence electrons. The molecule has 2 rings (SSSR count). The third-order valence-electron chi connectivity index (χ3n) is 3.43. The molecule has 1 aromatic heterocycles. The molecule has 0 aliphatic rings. The summed E-state index contributed by atoms with van der Waals surface area (Å²) in [5.41, 5.74) is -1.50. The molecule has 0 unspecified atom stereocenters. The maximum atomic E-state index is 12.8. The minimum atomic E-state index is -4.71. The van der Waals surface area contributed by atoms with Crippen molar-refractivity contribution in [3.05, 3.63) is 63.0 Å². The summed E-state index contributed by atoms with van der Waals surface area (Å²) in [5, 5.41) is 1.78. The van der Waals surface area contributed by atoms with Gasteiger partial charge in [0.05, 0.1) is 17.2 Å². The highest BCUT2D eigenvalue weighted by atomic mass is 35.5. The first-order valence-electron chi connectivity index (χ1n) is 8.05. The van der Waals surface area contributed by atoms with Crippen LogP contribution in [0.1, 0.15) is 29.8 Å². The number of halogens is 4. The van der Waals surface area contributed by atoms with Crippen LogP contribution in [-0.4, -0.2) is 22.5 Å². The van der Waals surface area contributed by atoms with Crippen LogP contribution in [0.15, 0.2) is 41.3 Å². The number of benzene rings is 1. The van der Waals surface area contributed by atoms with Crippen LogP contribution >= 0.6 is 11.6 Å². The van der Waals surface area contributed by atoms with Gasteiger partial charge in [-0.2, -0.15) is 13.2 Å². The number of nitrogens with zero attached hydrogens (tertiary/aromatic N) is 1. The molecule has 1 amide bonds. The molecule has 0 aliphatic carbocycles. The summed E-state index contributed by atoms with van der Waals surface area (Å²) in [6.07, 6.45) is -4.47. The van der Waals surface area contributed by atoms with Crippen molar-refractivity contribution in [1.82, 2.24) is 4.57 Å². The maximum Gasteiger partial charge on any atom is 0.417 e. The van der Waals surface area contributed by atoms with Crippen molar-refractivity contribution in [3.8, 4) is 0 Å². The lowest BCUT2D eigenvalue weighted by molar-refractivity contribution is -0.138. The zero-order chi connectivity index (χ0) is 21.1. The van der Waals surface area contributed by atoms with Gasteiger partial charge in [0.25, 0.3) is 5.56 Å². The van der Waals surface area contributed by atoms with Crippen LogP contribution in [0.2, 0.25) is 5.02 Å². The summed E-state index contributed by atoms with van der Waals surface area (Å²) in [4.78, 5) is 35.7. The van der Waals surface area contributed by atoms with Gasteiger partial charge in [-0.3, -0.25) is 9.59 Å². The Labute approximate surface area is 162 Å². The normalized spacial score (nSPS) is 11.4. The Hall–Kier alpha value is -2.81. The maximum absolute atomic E-state index is 12.8. The predicted molar refractivity (Wildman–Crippen MR) is 96.3 cm³/mol. The van der Waals surface area contributed by atoms with Gasteiger partial charge in [-0.15, -0.1) is 0 Å². The van der Waals surface area contributed by atoms with Gasteiger partial charge in [0, 0.05) is 11.9 Å². The Morgan fingerprint density at radius 2 is 1.82 bits per heavy atom. The molecule has 0 atom stereocenters. The van der Waals surface area contributed by atoms with Crippen LogP contribution < -0.4 is 10.9 Å². The van der Waals surface area contributed by atoms with Gasteiger partial charge < -0.3 is 14.6 Å². The Morgan fingerprint density at radius 3 is 2.36 bits per heavy atom. The average molecular weight is 417 g/mol. The van der Waals surface area contributed by atoms with E-state index in [1.807, 2.05) is 0 Å². The summed E-state index contributed by atoms with van der Waals surface area (Å²) in [6, 6.07) is 6.21. The Morgan fingerprint density at radius 1 is 1.21 bits per heavy atom. The van der Waals surface area contributed by atoms with Gasteiger partial charge in [-0.1, -0.05) is 11.6 Å². The van der Waals surface area contributed by atoms with E-state index in [9.17, 15) is 27.6 Å². The van der Waals surface area contributed by atoms with Crippen LogP contribution in [0.4, 0.5) is 18.9 Å². The number of nitrogens with one attached hydrogen (secondary N) is 1. The minimum absolute atomic E-state index is 0.271. The summed E-state index contributed by atoms with van der Waals surface area (Å²) in [7, 11) is 0. The highest BCUT2D eigenvalue weighted by Gasteiger charge is 2.32. The fraction of sp³-hybridized carbons (Fsp3) is 0.278. The van der Waals surface area contributed by atoms with E-state index in [1.54, 1.807) is 13.8 Å². The van der Waals surface area contributed by atoms with Crippen molar-refractivity contribution in [2.24, 2.45) is 0 Å². The second-order valence-corrected chi connectivity index (χ2v) is 6.49. The van der Waals surface area contributed by atoms with Gasteiger partial charge in [-0.25, -0.2) is 4.79 Å². The number of hydrogen-bond acceptors (Lipinski definition) is 4. The number of pyridine rings is 1. The Bertz CT molecular complexity index is 937. The SMILES string of the molecule is CC(C)OC(=O)c1ccc(NC(=O)Cn2cc(C(F)(F)F)cc(Cl)c2=O)cc1. The molecular formula is C18H16ClF3N2O4. The predicted octanol–water partition coefficient (Wildman–Crippen LogP) is 3.72. The first kappa shape index (κ1) is 21.5. The van der Waals surface area contributed by atoms with Crippen molar-refractivity contribution in [1.29, 1.82) is 0 Å². The minimum Gasteiger partial charge on any atom is -0.459 e. The number of anilines is 1. The van der Waals surface area contributed by atoms with Gasteiger partial charge >= 0.3 is 12.1 Å². The molecule has 0 spiro atoms. The van der Waals surface area contributed by atoms with Crippen molar-refractivity contribution < 1.29 is 27.5 Å². The summed E-state index contributed by atoms with van der Waals surface area (Å²) < 4.78 is 44.1. The number of aromatic nitrogens is 1. The lowest BCUT2D eigenvalue weighted by Crippen LogP contribution is -2.29. The molecule has 10 heteroatoms. The number of ether oxygens (including phenoxy) is 1. The number of alkyl halides is 3. The third kappa shape index (κ3) is 5.59. The van der Waals surface area contributed by atoms with Crippen molar-refractivity contribution in [2.75, 3.05) is 5.32 Å². The van der Waals surface area contributed by atoms with Crippen LogP contribution in [0.3, 0.4) is 0 Å². The molecule has 1 N–H and O–H groups in total. The summed E-state index contributed by atoms with van der Waals surface area (Å²) in [6.45, 7) is 2.74. The van der Waals surface area contributed by atoms with E-state index in [4.69, 9.17) is 16.3 Å². The molecule has 1 heterocycles. The number of esters is 1. The lowest BCUT2D eigenvalue weighted by atomic mass is 10.2. The second-order valence-electron chi connectivity index (χ2n) is 6.09. The van der Waals surface area contributed by atoms with E-state index in [1.165, 1.54) is 24.3 Å². The quantitative estimate of drug-likeness (QED) is 0.753. The fourth-order valence-electron chi connectivity index (χ4n) is 2.20. The van der Waals surface area contributed by atoms with E-state index in [-0.39, 0.29) is 17.4 Å². The molecule has 0 bridgehead atoms. The monoisotopic (exact) mass is 416 g/mol. The molecule has 6 nitrogen and oxygen atoms in total. The zero-order valence-electron chi connectivity index (χ0n) is 14.8. The third-order valence-corrected chi connectivity index (χ3v) is 3.70. The highest BCUT2D eigenvalue weighted by molar-refractivity contribution is 6.30.